The molecule has 2 aromatic rings. The Kier molecular flexibility index (Phi) is 5.85. The molecule has 31 heavy (non-hydrogen) atoms. The molecule has 2 aliphatic carbocycles. The van der Waals surface area contributed by atoms with Crippen LogP contribution in [0.4, 0.5) is 0 Å². The first-order valence-corrected chi connectivity index (χ1v) is 11.0. The molecule has 0 aromatic carbocycles. The van der Waals surface area contributed by atoms with Crippen molar-refractivity contribution in [3.63, 3.8) is 0 Å². The molecule has 162 valence electrons. The van der Waals surface area contributed by atoms with Crippen molar-refractivity contribution in [3.05, 3.63) is 52.1 Å². The van der Waals surface area contributed by atoms with Crippen LogP contribution < -0.4 is 5.32 Å². The maximum atomic E-state index is 13.2. The Morgan fingerprint density at radius 1 is 1.26 bits per heavy atom. The zero-order valence-electron chi connectivity index (χ0n) is 18.7. The minimum absolute atomic E-state index is 0.0948. The van der Waals surface area contributed by atoms with E-state index in [2.05, 4.69) is 28.4 Å². The number of nitrogens with one attached hydrogen (secondary N) is 1. The van der Waals surface area contributed by atoms with Crippen LogP contribution in [0.2, 0.25) is 0 Å². The molecular formula is C24H29N5O2. The summed E-state index contributed by atoms with van der Waals surface area (Å²) in [5, 5.41) is 7.20. The number of hydrogen-bond acceptors (Lipinski definition) is 5. The van der Waals surface area contributed by atoms with Gasteiger partial charge in [0.25, 0.3) is 5.91 Å². The van der Waals surface area contributed by atoms with Gasteiger partial charge in [-0.15, -0.1) is 0 Å². The average Bonchev–Trinajstić information content (AvgIpc) is 3.49. The fourth-order valence-corrected chi connectivity index (χ4v) is 4.07. The Labute approximate surface area is 182 Å². The molecule has 0 bridgehead atoms. The third-order valence-corrected chi connectivity index (χ3v) is 5.91. The topological polar surface area (TPSA) is 89.8 Å². The van der Waals surface area contributed by atoms with E-state index in [4.69, 9.17) is 4.98 Å². The van der Waals surface area contributed by atoms with E-state index in [0.29, 0.717) is 29.4 Å². The van der Waals surface area contributed by atoms with Gasteiger partial charge in [-0.25, -0.2) is 9.97 Å². The molecule has 0 spiro atoms. The number of ketones is 1. The van der Waals surface area contributed by atoms with Crippen molar-refractivity contribution >= 4 is 11.7 Å². The van der Waals surface area contributed by atoms with E-state index in [0.717, 1.165) is 53.8 Å². The summed E-state index contributed by atoms with van der Waals surface area (Å²) in [4.78, 5) is 35.2. The predicted octanol–water partition coefficient (Wildman–Crippen LogP) is 3.81. The average molecular weight is 420 g/mol. The number of nitrogens with zero attached hydrogens (tertiary/aromatic N) is 4. The highest BCUT2D eigenvalue weighted by atomic mass is 16.2. The van der Waals surface area contributed by atoms with Gasteiger partial charge in [0.05, 0.1) is 11.4 Å². The van der Waals surface area contributed by atoms with Crippen molar-refractivity contribution in [2.45, 2.75) is 58.8 Å². The van der Waals surface area contributed by atoms with Crippen LogP contribution in [-0.2, 0) is 11.8 Å². The molecule has 4 rings (SSSR count). The molecule has 1 N–H and O–H groups in total. The number of aromatic nitrogens is 4. The van der Waals surface area contributed by atoms with Crippen LogP contribution in [0.5, 0.6) is 0 Å². The van der Waals surface area contributed by atoms with Gasteiger partial charge < -0.3 is 5.32 Å². The summed E-state index contributed by atoms with van der Waals surface area (Å²) < 4.78 is 1.75. The highest BCUT2D eigenvalue weighted by Crippen LogP contribution is 2.39. The number of rotatable bonds is 7. The van der Waals surface area contributed by atoms with E-state index in [1.165, 1.54) is 0 Å². The molecule has 0 radical (unpaired) electrons. The second kappa shape index (κ2) is 8.57. The van der Waals surface area contributed by atoms with Gasteiger partial charge in [0.1, 0.15) is 11.5 Å². The van der Waals surface area contributed by atoms with Crippen molar-refractivity contribution in [2.24, 2.45) is 7.05 Å². The molecule has 0 atom stereocenters. The Bertz CT molecular complexity index is 1110. The van der Waals surface area contributed by atoms with Crippen molar-refractivity contribution in [2.75, 3.05) is 6.54 Å². The van der Waals surface area contributed by atoms with Gasteiger partial charge in [0.15, 0.2) is 5.78 Å². The molecule has 2 aliphatic rings. The monoisotopic (exact) mass is 419 g/mol. The van der Waals surface area contributed by atoms with E-state index in [1.807, 2.05) is 27.0 Å². The standard InChI is InChI=1S/C24H29N5O2/c1-5-6-17-11-14(2)12-20(30)18(17)13-25-24(31)22-15(3)21(19-9-10-26-29(19)4)27-23(28-22)16-7-8-16/h9-11,16H,5-8,12-13H2,1-4H3,(H,25,31). The van der Waals surface area contributed by atoms with Crippen LogP contribution in [-0.4, -0.2) is 38.0 Å². The number of carbonyl (C=O) groups is 2. The van der Waals surface area contributed by atoms with Gasteiger partial charge >= 0.3 is 0 Å². The lowest BCUT2D eigenvalue weighted by molar-refractivity contribution is -0.115. The number of hydrogen-bond donors (Lipinski definition) is 1. The van der Waals surface area contributed by atoms with E-state index in [-0.39, 0.29) is 18.2 Å². The Hall–Kier alpha value is -3.09. The molecular weight excluding hydrogens is 390 g/mol. The second-order valence-electron chi connectivity index (χ2n) is 8.55. The molecule has 1 saturated carbocycles. The summed E-state index contributed by atoms with van der Waals surface area (Å²) in [6.07, 6.45) is 8.10. The second-order valence-corrected chi connectivity index (χ2v) is 8.55. The largest absolute Gasteiger partial charge is 0.346 e. The van der Waals surface area contributed by atoms with Crippen molar-refractivity contribution in [1.29, 1.82) is 0 Å². The maximum absolute atomic E-state index is 13.2. The molecule has 0 unspecified atom stereocenters. The first-order chi connectivity index (χ1) is 14.9. The van der Waals surface area contributed by atoms with Crippen LogP contribution in [0.25, 0.3) is 11.4 Å². The fraction of sp³-hybridized carbons (Fsp3) is 0.458. The number of aryl methyl sites for hydroxylation is 1. The molecule has 1 amide bonds. The zero-order chi connectivity index (χ0) is 22.1. The van der Waals surface area contributed by atoms with E-state index >= 15 is 0 Å². The summed E-state index contributed by atoms with van der Waals surface area (Å²) in [6.45, 7) is 6.16. The first-order valence-electron chi connectivity index (χ1n) is 11.0. The lowest BCUT2D eigenvalue weighted by atomic mass is 9.89. The van der Waals surface area contributed by atoms with Crippen LogP contribution in [0, 0.1) is 6.92 Å². The summed E-state index contributed by atoms with van der Waals surface area (Å²) >= 11 is 0. The van der Waals surface area contributed by atoms with Crippen molar-refractivity contribution < 1.29 is 9.59 Å². The molecule has 0 saturated heterocycles. The van der Waals surface area contributed by atoms with Gasteiger partial charge in [-0.05, 0) is 44.7 Å². The smallest absolute Gasteiger partial charge is 0.270 e. The SMILES string of the molecule is CCCC1=C(CNC(=O)c2nc(C3CC3)nc(-c3ccnn3C)c2C)C(=O)CC(C)=C1. The fourth-order valence-electron chi connectivity index (χ4n) is 4.07. The summed E-state index contributed by atoms with van der Waals surface area (Å²) in [5.41, 5.74) is 5.50. The van der Waals surface area contributed by atoms with Gasteiger partial charge in [0.2, 0.25) is 0 Å². The Morgan fingerprint density at radius 2 is 2.03 bits per heavy atom. The lowest BCUT2D eigenvalue weighted by Gasteiger charge is -2.18. The minimum atomic E-state index is -0.271. The van der Waals surface area contributed by atoms with Gasteiger partial charge in [-0.1, -0.05) is 25.0 Å². The third-order valence-electron chi connectivity index (χ3n) is 5.91. The maximum Gasteiger partial charge on any atom is 0.270 e. The van der Waals surface area contributed by atoms with Crippen LogP contribution in [0.3, 0.4) is 0 Å². The van der Waals surface area contributed by atoms with Crippen molar-refractivity contribution in [3.8, 4) is 11.4 Å². The quantitative estimate of drug-likeness (QED) is 0.737. The summed E-state index contributed by atoms with van der Waals surface area (Å²) in [6, 6.07) is 1.89. The van der Waals surface area contributed by atoms with Crippen LogP contribution in [0.1, 0.15) is 73.7 Å². The minimum Gasteiger partial charge on any atom is -0.346 e. The predicted molar refractivity (Wildman–Crippen MR) is 119 cm³/mol. The highest BCUT2D eigenvalue weighted by molar-refractivity contribution is 6.01. The van der Waals surface area contributed by atoms with E-state index < -0.39 is 0 Å². The number of Topliss-reactive ketones (excluding diaryl/α,β-unsaturated/α-hetero) is 1. The Balaban J connectivity index is 1.64. The molecule has 7 nitrogen and oxygen atoms in total. The molecule has 7 heteroatoms. The lowest BCUT2D eigenvalue weighted by Crippen LogP contribution is -2.31. The number of allylic oxidation sites excluding steroid dienone is 3. The summed E-state index contributed by atoms with van der Waals surface area (Å²) in [5.74, 6) is 0.848. The number of amides is 1. The van der Waals surface area contributed by atoms with E-state index in [9.17, 15) is 9.59 Å². The van der Waals surface area contributed by atoms with Gasteiger partial charge in [-0.3, -0.25) is 14.3 Å². The van der Waals surface area contributed by atoms with E-state index in [1.54, 1.807) is 10.9 Å². The zero-order valence-corrected chi connectivity index (χ0v) is 18.7. The Morgan fingerprint density at radius 3 is 2.68 bits per heavy atom. The van der Waals surface area contributed by atoms with Crippen LogP contribution >= 0.6 is 0 Å². The molecule has 2 heterocycles. The third kappa shape index (κ3) is 4.36. The molecule has 1 fully saturated rings. The van der Waals surface area contributed by atoms with Crippen molar-refractivity contribution in [1.82, 2.24) is 25.1 Å². The normalized spacial score (nSPS) is 16.5. The van der Waals surface area contributed by atoms with Gasteiger partial charge in [0, 0.05) is 43.3 Å². The number of carbonyl (C=O) groups excluding carboxylic acids is 2. The van der Waals surface area contributed by atoms with Gasteiger partial charge in [-0.2, -0.15) is 5.10 Å². The van der Waals surface area contributed by atoms with Crippen LogP contribution in [0.15, 0.2) is 35.1 Å². The highest BCUT2D eigenvalue weighted by Gasteiger charge is 2.30. The molecule has 2 aromatic heterocycles. The molecule has 0 aliphatic heterocycles. The summed E-state index contributed by atoms with van der Waals surface area (Å²) in [7, 11) is 1.86. The first kappa shape index (κ1) is 21.2.